The second-order valence-electron chi connectivity index (χ2n) is 3.78. The van der Waals surface area contributed by atoms with E-state index in [0.717, 1.165) is 0 Å². The third-order valence-corrected chi connectivity index (χ3v) is 2.58. The largest absolute Gasteiger partial charge is 0.476 e. The minimum Gasteiger partial charge on any atom is -0.476 e. The maximum absolute atomic E-state index is 11.4. The number of urea groups is 1. The van der Waals surface area contributed by atoms with Crippen LogP contribution in [0.4, 0.5) is 4.79 Å². The van der Waals surface area contributed by atoms with Gasteiger partial charge >= 0.3 is 12.0 Å². The van der Waals surface area contributed by atoms with Crippen LogP contribution in [0.25, 0.3) is 0 Å². The lowest BCUT2D eigenvalue weighted by Crippen LogP contribution is -2.54. The molecule has 1 fully saturated rings. The number of aromatic carboxylic acids is 1. The molecule has 8 heteroatoms. The average Bonchev–Trinajstić information content (AvgIpc) is 2.65. The number of hydrogen-bond donors (Lipinski definition) is 2. The summed E-state index contributed by atoms with van der Waals surface area (Å²) in [6, 6.07) is -0.0967. The summed E-state index contributed by atoms with van der Waals surface area (Å²) in [5.74, 6) is -1.10. The zero-order valence-corrected chi connectivity index (χ0v) is 9.33. The third kappa shape index (κ3) is 2.19. The van der Waals surface area contributed by atoms with E-state index >= 15 is 0 Å². The first-order chi connectivity index (χ1) is 8.11. The Bertz CT molecular complexity index is 438. The lowest BCUT2D eigenvalue weighted by atomic mass is 10.1. The summed E-state index contributed by atoms with van der Waals surface area (Å²) in [7, 11) is 0. The molecule has 1 aromatic heterocycles. The monoisotopic (exact) mass is 239 g/mol. The van der Waals surface area contributed by atoms with Crippen molar-refractivity contribution in [3.63, 3.8) is 0 Å². The molecule has 8 nitrogen and oxygen atoms in total. The first-order valence-electron chi connectivity index (χ1n) is 5.29. The standard InChI is InChI=1S/C9H13N5O3/c1-2-10-9(17)13-3-6(4-13)14-5-7(8(15)16)11-12-14/h5-6H,2-4H2,1H3,(H,10,17)(H,15,16). The Labute approximate surface area is 97.2 Å². The second-order valence-corrected chi connectivity index (χ2v) is 3.78. The van der Waals surface area contributed by atoms with E-state index < -0.39 is 5.97 Å². The van der Waals surface area contributed by atoms with E-state index in [0.29, 0.717) is 19.6 Å². The van der Waals surface area contributed by atoms with Gasteiger partial charge in [0.1, 0.15) is 0 Å². The SMILES string of the molecule is CCNC(=O)N1CC(n2cc(C(=O)O)nn2)C1. The fourth-order valence-corrected chi connectivity index (χ4v) is 1.60. The Morgan fingerprint density at radius 2 is 2.29 bits per heavy atom. The van der Waals surface area contributed by atoms with Crippen molar-refractivity contribution >= 4 is 12.0 Å². The molecule has 0 aliphatic carbocycles. The quantitative estimate of drug-likeness (QED) is 0.745. The van der Waals surface area contributed by atoms with E-state index in [4.69, 9.17) is 5.11 Å². The third-order valence-electron chi connectivity index (χ3n) is 2.58. The number of nitrogens with zero attached hydrogens (tertiary/aromatic N) is 4. The zero-order valence-electron chi connectivity index (χ0n) is 9.33. The van der Waals surface area contributed by atoms with Crippen LogP contribution in [-0.4, -0.2) is 56.6 Å². The van der Waals surface area contributed by atoms with Gasteiger partial charge in [0.25, 0.3) is 0 Å². The molecular formula is C9H13N5O3. The van der Waals surface area contributed by atoms with Gasteiger partial charge in [-0.1, -0.05) is 5.21 Å². The van der Waals surface area contributed by atoms with Crippen LogP contribution < -0.4 is 5.32 Å². The molecule has 0 atom stereocenters. The highest BCUT2D eigenvalue weighted by Crippen LogP contribution is 2.19. The van der Waals surface area contributed by atoms with Crippen LogP contribution in [0.2, 0.25) is 0 Å². The molecule has 2 rings (SSSR count). The predicted molar refractivity (Wildman–Crippen MR) is 56.7 cm³/mol. The Morgan fingerprint density at radius 1 is 1.59 bits per heavy atom. The van der Waals surface area contributed by atoms with Crippen LogP contribution in [-0.2, 0) is 0 Å². The van der Waals surface area contributed by atoms with Crippen LogP contribution in [0.3, 0.4) is 0 Å². The van der Waals surface area contributed by atoms with Gasteiger partial charge in [-0.15, -0.1) is 5.10 Å². The summed E-state index contributed by atoms with van der Waals surface area (Å²) in [5, 5.41) is 18.6. The first kappa shape index (κ1) is 11.4. The van der Waals surface area contributed by atoms with Crippen molar-refractivity contribution < 1.29 is 14.7 Å². The minimum atomic E-state index is -1.10. The number of nitrogens with one attached hydrogen (secondary N) is 1. The van der Waals surface area contributed by atoms with Crippen molar-refractivity contribution in [1.29, 1.82) is 0 Å². The Balaban J connectivity index is 1.90. The summed E-state index contributed by atoms with van der Waals surface area (Å²) >= 11 is 0. The molecule has 17 heavy (non-hydrogen) atoms. The summed E-state index contributed by atoms with van der Waals surface area (Å²) < 4.78 is 1.49. The Hall–Kier alpha value is -2.12. The van der Waals surface area contributed by atoms with E-state index in [1.807, 2.05) is 6.92 Å². The van der Waals surface area contributed by atoms with Gasteiger partial charge in [0, 0.05) is 19.6 Å². The molecule has 1 aromatic rings. The number of carboxylic acid groups (broad SMARTS) is 1. The Morgan fingerprint density at radius 3 is 2.82 bits per heavy atom. The van der Waals surface area contributed by atoms with Crippen LogP contribution in [0.1, 0.15) is 23.5 Å². The molecule has 2 heterocycles. The molecule has 1 aliphatic rings. The number of likely N-dealkylation sites (tertiary alicyclic amines) is 1. The molecule has 0 bridgehead atoms. The smallest absolute Gasteiger partial charge is 0.358 e. The molecule has 92 valence electrons. The average molecular weight is 239 g/mol. The summed E-state index contributed by atoms with van der Waals surface area (Å²) in [6.45, 7) is 3.49. The topological polar surface area (TPSA) is 100 Å². The van der Waals surface area contributed by atoms with Crippen molar-refractivity contribution in [2.45, 2.75) is 13.0 Å². The minimum absolute atomic E-state index is 0.0122. The number of hydrogen-bond acceptors (Lipinski definition) is 4. The van der Waals surface area contributed by atoms with Gasteiger partial charge in [-0.3, -0.25) is 0 Å². The zero-order chi connectivity index (χ0) is 12.4. The maximum atomic E-state index is 11.4. The molecule has 0 saturated carbocycles. The maximum Gasteiger partial charge on any atom is 0.358 e. The first-order valence-corrected chi connectivity index (χ1v) is 5.29. The summed E-state index contributed by atoms with van der Waals surface area (Å²) in [6.07, 6.45) is 1.38. The molecule has 2 amide bonds. The van der Waals surface area contributed by atoms with Crippen molar-refractivity contribution in [1.82, 2.24) is 25.2 Å². The molecule has 1 aliphatic heterocycles. The summed E-state index contributed by atoms with van der Waals surface area (Å²) in [4.78, 5) is 23.6. The lowest BCUT2D eigenvalue weighted by Gasteiger charge is -2.38. The Kier molecular flexibility index (Phi) is 2.94. The normalized spacial score (nSPS) is 15.5. The number of carbonyl (C=O) groups is 2. The number of aromatic nitrogens is 3. The van der Waals surface area contributed by atoms with E-state index in [1.165, 1.54) is 10.9 Å². The number of rotatable bonds is 3. The molecule has 0 aromatic carbocycles. The van der Waals surface area contributed by atoms with E-state index in [2.05, 4.69) is 15.6 Å². The molecule has 2 N–H and O–H groups in total. The van der Waals surface area contributed by atoms with Gasteiger partial charge in [-0.2, -0.15) is 0 Å². The van der Waals surface area contributed by atoms with Crippen molar-refractivity contribution in [2.75, 3.05) is 19.6 Å². The fraction of sp³-hybridized carbons (Fsp3) is 0.556. The summed E-state index contributed by atoms with van der Waals surface area (Å²) in [5.41, 5.74) is -0.0820. The number of amides is 2. The highest BCUT2D eigenvalue weighted by atomic mass is 16.4. The van der Waals surface area contributed by atoms with Crippen LogP contribution in [0.15, 0.2) is 6.20 Å². The predicted octanol–water partition coefficient (Wildman–Crippen LogP) is -0.438. The van der Waals surface area contributed by atoms with Gasteiger partial charge in [0.05, 0.1) is 12.2 Å². The number of carboxylic acids is 1. The van der Waals surface area contributed by atoms with Crippen molar-refractivity contribution in [3.8, 4) is 0 Å². The highest BCUT2D eigenvalue weighted by Gasteiger charge is 2.32. The van der Waals surface area contributed by atoms with Crippen LogP contribution >= 0.6 is 0 Å². The molecule has 0 spiro atoms. The number of carbonyl (C=O) groups excluding carboxylic acids is 1. The van der Waals surface area contributed by atoms with Crippen molar-refractivity contribution in [2.24, 2.45) is 0 Å². The van der Waals surface area contributed by atoms with Gasteiger partial charge < -0.3 is 15.3 Å². The van der Waals surface area contributed by atoms with Crippen LogP contribution in [0, 0.1) is 0 Å². The molecule has 1 saturated heterocycles. The molecule has 0 unspecified atom stereocenters. The van der Waals surface area contributed by atoms with E-state index in [1.54, 1.807) is 4.90 Å². The lowest BCUT2D eigenvalue weighted by molar-refractivity contribution is 0.0690. The van der Waals surface area contributed by atoms with Gasteiger partial charge in [0.15, 0.2) is 5.69 Å². The van der Waals surface area contributed by atoms with Crippen molar-refractivity contribution in [3.05, 3.63) is 11.9 Å². The molecular weight excluding hydrogens is 226 g/mol. The van der Waals surface area contributed by atoms with Gasteiger partial charge in [0.2, 0.25) is 0 Å². The van der Waals surface area contributed by atoms with Gasteiger partial charge in [-0.05, 0) is 6.92 Å². The highest BCUT2D eigenvalue weighted by molar-refractivity contribution is 5.84. The van der Waals surface area contributed by atoms with Gasteiger partial charge in [-0.25, -0.2) is 14.3 Å². The van der Waals surface area contributed by atoms with E-state index in [-0.39, 0.29) is 17.8 Å². The second kappa shape index (κ2) is 4.40. The van der Waals surface area contributed by atoms with E-state index in [9.17, 15) is 9.59 Å². The van der Waals surface area contributed by atoms with Crippen LogP contribution in [0.5, 0.6) is 0 Å². The fourth-order valence-electron chi connectivity index (χ4n) is 1.60. The molecule has 0 radical (unpaired) electrons.